The molecule has 14 heteroatoms. The number of benzene rings is 3. The first-order valence-corrected chi connectivity index (χ1v) is 20.3. The Morgan fingerprint density at radius 3 is 2.10 bits per heavy atom. The molecule has 1 atom stereocenters. The Labute approximate surface area is 342 Å². The van der Waals surface area contributed by atoms with E-state index in [1.165, 1.54) is 12.1 Å². The summed E-state index contributed by atoms with van der Waals surface area (Å²) in [7, 11) is 0. The van der Waals surface area contributed by atoms with Gasteiger partial charge in [-0.05, 0) is 112 Å². The van der Waals surface area contributed by atoms with E-state index < -0.39 is 0 Å². The molecule has 0 saturated carbocycles. The molecule has 0 spiro atoms. The normalized spacial score (nSPS) is 14.6. The summed E-state index contributed by atoms with van der Waals surface area (Å²) in [4.78, 5) is 51.4. The van der Waals surface area contributed by atoms with Crippen molar-refractivity contribution >= 4 is 23.6 Å². The fraction of sp³-hybridized carbons (Fsp3) is 0.500. The smallest absolute Gasteiger partial charge is 0.251 e. The average molecular weight is 804 g/mol. The summed E-state index contributed by atoms with van der Waals surface area (Å²) in [6, 6.07) is 19.4. The fourth-order valence-electron chi connectivity index (χ4n) is 6.47. The van der Waals surface area contributed by atoms with Gasteiger partial charge in [-0.1, -0.05) is 43.7 Å². The number of unbranched alkanes of at least 4 members (excludes halogenated alkanes) is 3. The Bertz CT molecular complexity index is 1750. The largest absolute Gasteiger partial charge is 0.504 e. The van der Waals surface area contributed by atoms with Gasteiger partial charge in [-0.2, -0.15) is 0 Å². The molecule has 4 amide bonds. The van der Waals surface area contributed by atoms with Crippen molar-refractivity contribution in [2.75, 3.05) is 52.6 Å². The second kappa shape index (κ2) is 23.9. The third-order valence-electron chi connectivity index (χ3n) is 9.77. The molecule has 14 nitrogen and oxygen atoms in total. The Hall–Kier alpha value is -5.18. The number of nitrogens with one attached hydrogen (secondary N) is 4. The fourth-order valence-corrected chi connectivity index (χ4v) is 6.47. The van der Waals surface area contributed by atoms with Crippen molar-refractivity contribution in [2.45, 2.75) is 90.4 Å². The summed E-state index contributed by atoms with van der Waals surface area (Å²) >= 11 is 0. The maximum atomic E-state index is 13.0. The highest BCUT2D eigenvalue weighted by Crippen LogP contribution is 2.26. The Balaban J connectivity index is 0.962. The minimum absolute atomic E-state index is 0.143. The van der Waals surface area contributed by atoms with E-state index in [9.17, 15) is 29.4 Å². The quantitative estimate of drug-likeness (QED) is 0.0503. The number of carbonyl (C=O) groups is 4. The van der Waals surface area contributed by atoms with Gasteiger partial charge in [0.15, 0.2) is 11.5 Å². The van der Waals surface area contributed by atoms with E-state index in [2.05, 4.69) is 42.0 Å². The Kier molecular flexibility index (Phi) is 18.8. The molecule has 0 unspecified atom stereocenters. The van der Waals surface area contributed by atoms with Gasteiger partial charge in [0.05, 0.1) is 11.7 Å². The lowest BCUT2D eigenvalue weighted by atomic mass is 10.1. The summed E-state index contributed by atoms with van der Waals surface area (Å²) in [6.45, 7) is 9.40. The number of aromatic hydroxyl groups is 2. The molecule has 0 radical (unpaired) electrons. The molecule has 1 fully saturated rings. The number of ether oxygens (including phenoxy) is 3. The molecule has 4 rings (SSSR count). The van der Waals surface area contributed by atoms with Crippen LogP contribution in [0.5, 0.6) is 17.2 Å². The van der Waals surface area contributed by atoms with Gasteiger partial charge in [-0.25, -0.2) is 0 Å². The van der Waals surface area contributed by atoms with Gasteiger partial charge in [0.25, 0.3) is 5.91 Å². The van der Waals surface area contributed by atoms with Gasteiger partial charge >= 0.3 is 0 Å². The number of hydrogen-bond acceptors (Lipinski definition) is 10. The first-order chi connectivity index (χ1) is 27.9. The van der Waals surface area contributed by atoms with Crippen molar-refractivity contribution in [3.8, 4) is 17.2 Å². The minimum atomic E-state index is -0.350. The number of carbonyl (C=O) groups excluding carboxylic acids is 4. The van der Waals surface area contributed by atoms with Crippen LogP contribution in [0.25, 0.3) is 0 Å². The molecular formula is C44H61N5O9. The van der Waals surface area contributed by atoms with E-state index in [0.717, 1.165) is 61.1 Å². The molecule has 58 heavy (non-hydrogen) atoms. The van der Waals surface area contributed by atoms with Gasteiger partial charge in [0, 0.05) is 45.0 Å². The number of amides is 4. The molecule has 0 bridgehead atoms. The molecule has 1 heterocycles. The van der Waals surface area contributed by atoms with Crippen molar-refractivity contribution < 1.29 is 43.6 Å². The molecule has 6 N–H and O–H groups in total. The van der Waals surface area contributed by atoms with Crippen molar-refractivity contribution in [1.82, 2.24) is 26.2 Å². The van der Waals surface area contributed by atoms with E-state index in [4.69, 9.17) is 14.2 Å². The lowest BCUT2D eigenvalue weighted by Crippen LogP contribution is -2.47. The topological polar surface area (TPSA) is 188 Å². The van der Waals surface area contributed by atoms with Crippen LogP contribution in [0.3, 0.4) is 0 Å². The van der Waals surface area contributed by atoms with E-state index in [1.54, 1.807) is 18.2 Å². The van der Waals surface area contributed by atoms with Crippen LogP contribution in [0.4, 0.5) is 0 Å². The highest BCUT2D eigenvalue weighted by atomic mass is 16.5. The molecule has 3 aromatic carbocycles. The molecule has 0 aromatic heterocycles. The Morgan fingerprint density at radius 1 is 0.741 bits per heavy atom. The molecule has 3 aromatic rings. The second-order valence-corrected chi connectivity index (χ2v) is 15.0. The Morgan fingerprint density at radius 2 is 1.40 bits per heavy atom. The standard InChI is InChI=1S/C44H61N5O9/c1-4-5-24-49-43(55)37(48-44(49,2)3)27-32-12-17-36(18-13-32)58-29-34-10-15-35(16-11-34)42(54)47-22-9-26-56-25-8-6-7-21-45-40(52)30-57-31-41(53)46-23-20-33-14-19-38(50)39(51)28-33/h10-19,28,37,48,50-51H,4-9,20-27,29-31H2,1-3H3,(H,45,52)(H,46,53)(H,47,54)/t37-/m0/s1. The first kappa shape index (κ1) is 45.5. The summed E-state index contributed by atoms with van der Waals surface area (Å²) in [5, 5.41) is 30.7. The molecule has 1 saturated heterocycles. The predicted molar refractivity (Wildman–Crippen MR) is 220 cm³/mol. The van der Waals surface area contributed by atoms with E-state index >= 15 is 0 Å². The summed E-state index contributed by atoms with van der Waals surface area (Å²) in [5.41, 5.74) is 3.00. The van der Waals surface area contributed by atoms with Crippen LogP contribution < -0.4 is 26.0 Å². The zero-order chi connectivity index (χ0) is 41.8. The van der Waals surface area contributed by atoms with Crippen LogP contribution in [0.1, 0.15) is 86.3 Å². The first-order valence-electron chi connectivity index (χ1n) is 20.3. The van der Waals surface area contributed by atoms with Crippen molar-refractivity contribution in [2.24, 2.45) is 0 Å². The van der Waals surface area contributed by atoms with E-state index in [-0.39, 0.29) is 60.0 Å². The van der Waals surface area contributed by atoms with Crippen LogP contribution in [-0.4, -0.2) is 103 Å². The summed E-state index contributed by atoms with van der Waals surface area (Å²) < 4.78 is 16.8. The predicted octanol–water partition coefficient (Wildman–Crippen LogP) is 4.35. The minimum Gasteiger partial charge on any atom is -0.504 e. The molecule has 1 aliphatic rings. The van der Waals surface area contributed by atoms with E-state index in [0.29, 0.717) is 64.3 Å². The zero-order valence-corrected chi connectivity index (χ0v) is 34.1. The van der Waals surface area contributed by atoms with Gasteiger partial charge < -0.3 is 45.3 Å². The van der Waals surface area contributed by atoms with E-state index in [1.807, 2.05) is 41.3 Å². The SMILES string of the molecule is CCCCN1C(=O)[C@H](Cc2ccc(OCc3ccc(C(=O)NCCCOCCCCCNC(=O)COCC(=O)NCCc4ccc(O)c(O)c4)cc3)cc2)NC1(C)C. The van der Waals surface area contributed by atoms with Crippen LogP contribution in [0, 0.1) is 0 Å². The number of rotatable bonds is 26. The van der Waals surface area contributed by atoms with Crippen molar-refractivity contribution in [3.63, 3.8) is 0 Å². The number of phenols is 2. The lowest BCUT2D eigenvalue weighted by molar-refractivity contribution is -0.132. The highest BCUT2D eigenvalue weighted by Gasteiger charge is 2.43. The number of nitrogens with zero attached hydrogens (tertiary/aromatic N) is 1. The lowest BCUT2D eigenvalue weighted by Gasteiger charge is -2.31. The third kappa shape index (κ3) is 15.6. The van der Waals surface area contributed by atoms with Gasteiger partial charge in [0.2, 0.25) is 17.7 Å². The summed E-state index contributed by atoms with van der Waals surface area (Å²) in [6.07, 6.45) is 6.35. The van der Waals surface area contributed by atoms with Gasteiger partial charge in [-0.15, -0.1) is 0 Å². The highest BCUT2D eigenvalue weighted by molar-refractivity contribution is 5.94. The maximum Gasteiger partial charge on any atom is 0.251 e. The number of hydrogen-bond donors (Lipinski definition) is 6. The molecule has 1 aliphatic heterocycles. The number of phenolic OH excluding ortho intramolecular Hbond substituents is 2. The van der Waals surface area contributed by atoms with Gasteiger partial charge in [-0.3, -0.25) is 24.5 Å². The summed E-state index contributed by atoms with van der Waals surface area (Å²) in [5.74, 6) is -0.301. The van der Waals surface area contributed by atoms with Crippen LogP contribution in [0.15, 0.2) is 66.7 Å². The molecule has 0 aliphatic carbocycles. The second-order valence-electron chi connectivity index (χ2n) is 15.0. The van der Waals surface area contributed by atoms with Crippen molar-refractivity contribution in [3.05, 3.63) is 89.0 Å². The molecular weight excluding hydrogens is 743 g/mol. The zero-order valence-electron chi connectivity index (χ0n) is 34.1. The third-order valence-corrected chi connectivity index (χ3v) is 9.77. The van der Waals surface area contributed by atoms with Crippen molar-refractivity contribution in [1.29, 1.82) is 0 Å². The van der Waals surface area contributed by atoms with Gasteiger partial charge in [0.1, 0.15) is 25.6 Å². The average Bonchev–Trinajstić information content (AvgIpc) is 3.42. The van der Waals surface area contributed by atoms with Crippen LogP contribution in [0.2, 0.25) is 0 Å². The van der Waals surface area contributed by atoms with Crippen LogP contribution >= 0.6 is 0 Å². The monoisotopic (exact) mass is 803 g/mol. The maximum absolute atomic E-state index is 13.0. The molecule has 316 valence electrons. The van der Waals surface area contributed by atoms with Crippen LogP contribution in [-0.2, 0) is 43.3 Å².